The first kappa shape index (κ1) is 15.7. The van der Waals surface area contributed by atoms with Gasteiger partial charge in [0.2, 0.25) is 5.91 Å². The third-order valence-corrected chi connectivity index (χ3v) is 4.68. The lowest BCUT2D eigenvalue weighted by Gasteiger charge is -2.37. The molecule has 0 saturated heterocycles. The molecule has 3 N–H and O–H groups in total. The summed E-state index contributed by atoms with van der Waals surface area (Å²) in [6, 6.07) is 11.8. The molecule has 1 aromatic carbocycles. The lowest BCUT2D eigenvalue weighted by molar-refractivity contribution is -0.128. The maximum absolute atomic E-state index is 12.4. The number of rotatable bonds is 4. The Hall–Kier alpha value is -2.14. The number of nitrogens with two attached hydrogens (primary N) is 1. The van der Waals surface area contributed by atoms with E-state index in [1.54, 1.807) is 0 Å². The molecule has 122 valence electrons. The van der Waals surface area contributed by atoms with Crippen LogP contribution in [0.3, 0.4) is 0 Å². The molecule has 1 aliphatic carbocycles. The quantitative estimate of drug-likeness (QED) is 0.910. The molecule has 1 aromatic heterocycles. The minimum atomic E-state index is -0.397. The second-order valence-electron chi connectivity index (χ2n) is 6.61. The summed E-state index contributed by atoms with van der Waals surface area (Å²) >= 11 is 0. The molecular formula is C18H24N4O. The summed E-state index contributed by atoms with van der Waals surface area (Å²) in [5, 5.41) is 7.50. The van der Waals surface area contributed by atoms with Gasteiger partial charge in [0.05, 0.1) is 23.8 Å². The van der Waals surface area contributed by atoms with Crippen molar-refractivity contribution in [3.63, 3.8) is 0 Å². The molecule has 23 heavy (non-hydrogen) atoms. The molecule has 1 fully saturated rings. The van der Waals surface area contributed by atoms with E-state index in [1.807, 2.05) is 54.2 Å². The van der Waals surface area contributed by atoms with Gasteiger partial charge in [-0.15, -0.1) is 0 Å². The van der Waals surface area contributed by atoms with Crippen LogP contribution in [0.2, 0.25) is 0 Å². The first-order valence-electron chi connectivity index (χ1n) is 8.23. The van der Waals surface area contributed by atoms with Crippen LogP contribution in [-0.4, -0.2) is 21.2 Å². The van der Waals surface area contributed by atoms with Crippen molar-refractivity contribution in [1.29, 1.82) is 0 Å². The molecule has 1 amide bonds. The number of carbonyl (C=O) groups is 1. The van der Waals surface area contributed by atoms with Crippen LogP contribution in [0.1, 0.15) is 38.3 Å². The molecule has 1 saturated carbocycles. The van der Waals surface area contributed by atoms with Crippen molar-refractivity contribution < 1.29 is 4.79 Å². The maximum Gasteiger partial charge on any atom is 0.225 e. The average Bonchev–Trinajstić information content (AvgIpc) is 3.02. The molecule has 0 aliphatic heterocycles. The molecule has 1 aliphatic rings. The van der Waals surface area contributed by atoms with Gasteiger partial charge in [0.15, 0.2) is 0 Å². The topological polar surface area (TPSA) is 72.9 Å². The maximum atomic E-state index is 12.4. The molecule has 2 aromatic rings. The Labute approximate surface area is 136 Å². The van der Waals surface area contributed by atoms with Gasteiger partial charge in [-0.2, -0.15) is 5.10 Å². The van der Waals surface area contributed by atoms with Gasteiger partial charge in [-0.1, -0.05) is 31.0 Å². The Morgan fingerprint density at radius 2 is 2.13 bits per heavy atom. The van der Waals surface area contributed by atoms with E-state index >= 15 is 0 Å². The van der Waals surface area contributed by atoms with Gasteiger partial charge in [0.1, 0.15) is 0 Å². The summed E-state index contributed by atoms with van der Waals surface area (Å²) in [6.07, 6.45) is 5.88. The van der Waals surface area contributed by atoms with E-state index in [0.29, 0.717) is 6.54 Å². The zero-order chi connectivity index (χ0) is 16.3. The fourth-order valence-electron chi connectivity index (χ4n) is 3.27. The highest BCUT2D eigenvalue weighted by atomic mass is 16.1. The monoisotopic (exact) mass is 312 g/mol. The van der Waals surface area contributed by atoms with E-state index < -0.39 is 5.54 Å². The van der Waals surface area contributed by atoms with Crippen molar-refractivity contribution in [2.24, 2.45) is 11.7 Å². The fourth-order valence-corrected chi connectivity index (χ4v) is 3.27. The number of hydrogen-bond donors (Lipinski definition) is 2. The van der Waals surface area contributed by atoms with Crippen LogP contribution in [0.4, 0.5) is 0 Å². The van der Waals surface area contributed by atoms with E-state index in [9.17, 15) is 4.79 Å². The normalized spacial score (nSPS) is 24.3. The van der Waals surface area contributed by atoms with Gasteiger partial charge in [-0.25, -0.2) is 4.68 Å². The van der Waals surface area contributed by atoms with E-state index in [0.717, 1.165) is 37.1 Å². The lowest BCUT2D eigenvalue weighted by atomic mass is 9.74. The fraction of sp³-hybridized carbons (Fsp3) is 0.444. The zero-order valence-corrected chi connectivity index (χ0v) is 13.5. The Balaban J connectivity index is 1.60. The lowest BCUT2D eigenvalue weighted by Crippen LogP contribution is -2.52. The number of nitrogens with zero attached hydrogens (tertiary/aromatic N) is 2. The van der Waals surface area contributed by atoms with Crippen LogP contribution in [0.5, 0.6) is 0 Å². The highest BCUT2D eigenvalue weighted by Gasteiger charge is 2.37. The predicted octanol–water partition coefficient (Wildman–Crippen LogP) is 2.40. The molecule has 5 heteroatoms. The zero-order valence-electron chi connectivity index (χ0n) is 13.5. The van der Waals surface area contributed by atoms with E-state index in [1.165, 1.54) is 0 Å². The molecule has 0 spiro atoms. The summed E-state index contributed by atoms with van der Waals surface area (Å²) in [6.45, 7) is 2.42. The number of para-hydroxylation sites is 1. The predicted molar refractivity (Wildman–Crippen MR) is 90.0 cm³/mol. The van der Waals surface area contributed by atoms with E-state index in [-0.39, 0.29) is 11.8 Å². The van der Waals surface area contributed by atoms with Crippen LogP contribution in [0, 0.1) is 5.92 Å². The number of hydrogen-bond acceptors (Lipinski definition) is 3. The third kappa shape index (κ3) is 3.62. The van der Waals surface area contributed by atoms with Crippen molar-refractivity contribution in [2.75, 3.05) is 0 Å². The molecule has 1 heterocycles. The molecule has 2 unspecified atom stereocenters. The summed E-state index contributed by atoms with van der Waals surface area (Å²) in [4.78, 5) is 12.4. The average molecular weight is 312 g/mol. The SMILES string of the molecule is CC1(N)CCCCC1C(=O)NCc1ccn(-c2ccccc2)n1. The smallest absolute Gasteiger partial charge is 0.225 e. The number of carbonyl (C=O) groups excluding carboxylic acids is 1. The Kier molecular flexibility index (Phi) is 4.48. The number of nitrogens with one attached hydrogen (secondary N) is 1. The van der Waals surface area contributed by atoms with E-state index in [4.69, 9.17) is 5.73 Å². The first-order chi connectivity index (χ1) is 11.1. The minimum Gasteiger partial charge on any atom is -0.350 e. The van der Waals surface area contributed by atoms with Crippen molar-refractivity contribution in [3.05, 3.63) is 48.3 Å². The first-order valence-corrected chi connectivity index (χ1v) is 8.23. The Bertz CT molecular complexity index is 663. The summed E-state index contributed by atoms with van der Waals surface area (Å²) in [5.41, 5.74) is 7.74. The van der Waals surface area contributed by atoms with Crippen LogP contribution in [-0.2, 0) is 11.3 Å². The number of amides is 1. The minimum absolute atomic E-state index is 0.0453. The summed E-state index contributed by atoms with van der Waals surface area (Å²) < 4.78 is 1.81. The van der Waals surface area contributed by atoms with Crippen molar-refractivity contribution in [1.82, 2.24) is 15.1 Å². The standard InChI is InChI=1S/C18H24N4O/c1-18(19)11-6-5-9-16(18)17(23)20-13-14-10-12-22(21-14)15-7-3-2-4-8-15/h2-4,7-8,10,12,16H,5-6,9,11,13,19H2,1H3,(H,20,23). The molecular weight excluding hydrogens is 288 g/mol. The third-order valence-electron chi connectivity index (χ3n) is 4.68. The van der Waals surface area contributed by atoms with Crippen LogP contribution in [0.15, 0.2) is 42.6 Å². The van der Waals surface area contributed by atoms with Crippen LogP contribution >= 0.6 is 0 Å². The Morgan fingerprint density at radius 3 is 2.87 bits per heavy atom. The number of benzene rings is 1. The largest absolute Gasteiger partial charge is 0.350 e. The second kappa shape index (κ2) is 6.54. The van der Waals surface area contributed by atoms with Crippen molar-refractivity contribution >= 4 is 5.91 Å². The summed E-state index contributed by atoms with van der Waals surface area (Å²) in [7, 11) is 0. The summed E-state index contributed by atoms with van der Waals surface area (Å²) in [5.74, 6) is -0.0589. The highest BCUT2D eigenvalue weighted by Crippen LogP contribution is 2.31. The van der Waals surface area contributed by atoms with Gasteiger partial charge >= 0.3 is 0 Å². The number of aromatic nitrogens is 2. The van der Waals surface area contributed by atoms with Crippen molar-refractivity contribution in [3.8, 4) is 5.69 Å². The molecule has 3 rings (SSSR count). The highest BCUT2D eigenvalue weighted by molar-refractivity contribution is 5.80. The molecule has 0 bridgehead atoms. The molecule has 0 radical (unpaired) electrons. The van der Waals surface area contributed by atoms with Gasteiger partial charge in [-0.3, -0.25) is 4.79 Å². The van der Waals surface area contributed by atoms with Crippen LogP contribution < -0.4 is 11.1 Å². The van der Waals surface area contributed by atoms with Crippen molar-refractivity contribution in [2.45, 2.75) is 44.7 Å². The van der Waals surface area contributed by atoms with Gasteiger partial charge in [0, 0.05) is 11.7 Å². The Morgan fingerprint density at radius 1 is 1.35 bits per heavy atom. The van der Waals surface area contributed by atoms with Gasteiger partial charge < -0.3 is 11.1 Å². The van der Waals surface area contributed by atoms with Gasteiger partial charge in [0.25, 0.3) is 0 Å². The second-order valence-corrected chi connectivity index (χ2v) is 6.61. The van der Waals surface area contributed by atoms with Gasteiger partial charge in [-0.05, 0) is 38.0 Å². The van der Waals surface area contributed by atoms with E-state index in [2.05, 4.69) is 10.4 Å². The van der Waals surface area contributed by atoms with Crippen LogP contribution in [0.25, 0.3) is 5.69 Å². The molecule has 5 nitrogen and oxygen atoms in total. The molecule has 2 atom stereocenters.